The van der Waals surface area contributed by atoms with E-state index in [2.05, 4.69) is 22.1 Å². The van der Waals surface area contributed by atoms with Crippen molar-refractivity contribution >= 4 is 40.0 Å². The van der Waals surface area contributed by atoms with E-state index in [1.54, 1.807) is 26.2 Å². The summed E-state index contributed by atoms with van der Waals surface area (Å²) in [6.07, 6.45) is 1.74. The van der Waals surface area contributed by atoms with Gasteiger partial charge >= 0.3 is 5.97 Å². The molecular formula is C22H24N4O4S2. The van der Waals surface area contributed by atoms with Gasteiger partial charge in [0.2, 0.25) is 5.91 Å². The second kappa shape index (κ2) is 11.0. The van der Waals surface area contributed by atoms with Crippen LogP contribution in [0.5, 0.6) is 5.75 Å². The molecule has 8 nitrogen and oxygen atoms in total. The molecule has 0 radical (unpaired) electrons. The number of allylic oxidation sites excluding steroid dienone is 1. The van der Waals surface area contributed by atoms with Gasteiger partial charge in [-0.1, -0.05) is 30.0 Å². The largest absolute Gasteiger partial charge is 0.496 e. The van der Waals surface area contributed by atoms with Crippen molar-refractivity contribution in [1.82, 2.24) is 14.8 Å². The number of aryl methyl sites for hydroxylation is 1. The molecule has 0 aliphatic carbocycles. The third-order valence-corrected chi connectivity index (χ3v) is 6.25. The number of carbonyl (C=O) groups excluding carboxylic acids is 2. The highest BCUT2D eigenvalue weighted by molar-refractivity contribution is 7.99. The Bertz CT molecular complexity index is 1120. The van der Waals surface area contributed by atoms with Crippen LogP contribution in [-0.2, 0) is 16.1 Å². The maximum absolute atomic E-state index is 12.6. The average molecular weight is 473 g/mol. The Morgan fingerprint density at radius 3 is 2.81 bits per heavy atom. The van der Waals surface area contributed by atoms with Gasteiger partial charge in [0.1, 0.15) is 10.8 Å². The number of esters is 1. The number of aromatic nitrogens is 3. The standard InChI is InChI=1S/C22H24N4O4S2/c1-5-11-26-19(15-9-7-8-10-17(15)29-4)24-25-22(26)31-13-18(27)23-20-16(12-14(3)32-20)21(28)30-6-2/h5,7-10,12H,1,6,11,13H2,2-4H3,(H,23,27). The van der Waals surface area contributed by atoms with Crippen LogP contribution < -0.4 is 10.1 Å². The van der Waals surface area contributed by atoms with Crippen LogP contribution in [0, 0.1) is 6.92 Å². The van der Waals surface area contributed by atoms with Crippen LogP contribution in [0.3, 0.4) is 0 Å². The van der Waals surface area contributed by atoms with Crippen LogP contribution in [0.2, 0.25) is 0 Å². The van der Waals surface area contributed by atoms with Crippen LogP contribution in [0.15, 0.2) is 48.1 Å². The molecule has 2 heterocycles. The van der Waals surface area contributed by atoms with Crippen molar-refractivity contribution in [3.63, 3.8) is 0 Å². The summed E-state index contributed by atoms with van der Waals surface area (Å²) in [7, 11) is 1.60. The van der Waals surface area contributed by atoms with Crippen LogP contribution >= 0.6 is 23.1 Å². The average Bonchev–Trinajstić information content (AvgIpc) is 3.35. The summed E-state index contributed by atoms with van der Waals surface area (Å²) in [5, 5.41) is 12.4. The quantitative estimate of drug-likeness (QED) is 0.265. The highest BCUT2D eigenvalue weighted by atomic mass is 32.2. The number of carbonyl (C=O) groups is 2. The number of hydrogen-bond acceptors (Lipinski definition) is 8. The molecule has 0 bridgehead atoms. The minimum absolute atomic E-state index is 0.0976. The first-order valence-electron chi connectivity index (χ1n) is 9.86. The van der Waals surface area contributed by atoms with Crippen LogP contribution in [-0.4, -0.2) is 46.1 Å². The first-order valence-corrected chi connectivity index (χ1v) is 11.7. The number of nitrogens with zero attached hydrogens (tertiary/aromatic N) is 3. The minimum atomic E-state index is -0.452. The molecule has 0 aliphatic heterocycles. The number of nitrogens with one attached hydrogen (secondary N) is 1. The number of amides is 1. The van der Waals surface area contributed by atoms with Gasteiger partial charge in [-0.3, -0.25) is 9.36 Å². The second-order valence-corrected chi connectivity index (χ2v) is 8.76. The molecule has 0 saturated carbocycles. The molecule has 0 atom stereocenters. The van der Waals surface area contributed by atoms with Crippen molar-refractivity contribution in [2.45, 2.75) is 25.5 Å². The van der Waals surface area contributed by atoms with E-state index >= 15 is 0 Å². The highest BCUT2D eigenvalue weighted by Crippen LogP contribution is 2.32. The third-order valence-electron chi connectivity index (χ3n) is 4.31. The van der Waals surface area contributed by atoms with E-state index in [4.69, 9.17) is 9.47 Å². The number of para-hydroxylation sites is 1. The lowest BCUT2D eigenvalue weighted by molar-refractivity contribution is -0.113. The molecule has 168 valence electrons. The molecule has 0 unspecified atom stereocenters. The fourth-order valence-corrected chi connectivity index (χ4v) is 4.64. The van der Waals surface area contributed by atoms with Crippen molar-refractivity contribution in [3.05, 3.63) is 53.4 Å². The smallest absolute Gasteiger partial charge is 0.341 e. The van der Waals surface area contributed by atoms with E-state index in [0.717, 1.165) is 10.4 Å². The van der Waals surface area contributed by atoms with E-state index in [1.807, 2.05) is 35.8 Å². The number of thiophene rings is 1. The summed E-state index contributed by atoms with van der Waals surface area (Å²) in [4.78, 5) is 25.6. The van der Waals surface area contributed by atoms with Crippen molar-refractivity contribution in [2.75, 3.05) is 24.8 Å². The Labute approximate surface area is 194 Å². The Kier molecular flexibility index (Phi) is 8.07. The molecule has 0 aliphatic rings. The SMILES string of the molecule is C=CCn1c(SCC(=O)Nc2sc(C)cc2C(=O)OCC)nnc1-c1ccccc1OC. The molecule has 1 amide bonds. The summed E-state index contributed by atoms with van der Waals surface area (Å²) in [6.45, 7) is 8.16. The van der Waals surface area contributed by atoms with Crippen LogP contribution in [0.25, 0.3) is 11.4 Å². The molecule has 3 aromatic rings. The summed E-state index contributed by atoms with van der Waals surface area (Å²) in [5.41, 5.74) is 1.16. The fourth-order valence-electron chi connectivity index (χ4n) is 2.98. The zero-order valence-electron chi connectivity index (χ0n) is 18.1. The topological polar surface area (TPSA) is 95.3 Å². The lowest BCUT2D eigenvalue weighted by atomic mass is 10.2. The molecule has 0 spiro atoms. The van der Waals surface area contributed by atoms with Gasteiger partial charge in [-0.15, -0.1) is 28.1 Å². The number of ether oxygens (including phenoxy) is 2. The van der Waals surface area contributed by atoms with Crippen molar-refractivity contribution in [3.8, 4) is 17.1 Å². The molecule has 32 heavy (non-hydrogen) atoms. The summed E-state index contributed by atoms with van der Waals surface area (Å²) in [5.74, 6) is 0.699. The Balaban J connectivity index is 1.75. The van der Waals surface area contributed by atoms with E-state index in [-0.39, 0.29) is 18.3 Å². The van der Waals surface area contributed by atoms with Crippen molar-refractivity contribution < 1.29 is 19.1 Å². The summed E-state index contributed by atoms with van der Waals surface area (Å²) >= 11 is 2.58. The van der Waals surface area contributed by atoms with Crippen molar-refractivity contribution in [1.29, 1.82) is 0 Å². The van der Waals surface area contributed by atoms with Gasteiger partial charge < -0.3 is 14.8 Å². The second-order valence-electron chi connectivity index (χ2n) is 6.56. The maximum Gasteiger partial charge on any atom is 0.341 e. The number of anilines is 1. The van der Waals surface area contributed by atoms with E-state index in [1.165, 1.54) is 23.1 Å². The first-order chi connectivity index (χ1) is 15.5. The van der Waals surface area contributed by atoms with Gasteiger partial charge in [-0.2, -0.15) is 0 Å². The number of thioether (sulfide) groups is 1. The normalized spacial score (nSPS) is 10.6. The number of hydrogen-bond donors (Lipinski definition) is 1. The fraction of sp³-hybridized carbons (Fsp3) is 0.273. The minimum Gasteiger partial charge on any atom is -0.496 e. The predicted octanol–water partition coefficient (Wildman–Crippen LogP) is 4.42. The molecular weight excluding hydrogens is 448 g/mol. The zero-order valence-corrected chi connectivity index (χ0v) is 19.7. The molecule has 0 fully saturated rings. The van der Waals surface area contributed by atoms with Gasteiger partial charge in [0.05, 0.1) is 30.6 Å². The molecule has 0 saturated heterocycles. The number of methoxy groups -OCH3 is 1. The van der Waals surface area contributed by atoms with E-state index < -0.39 is 5.97 Å². The lowest BCUT2D eigenvalue weighted by Crippen LogP contribution is -2.16. The van der Waals surface area contributed by atoms with Gasteiger partial charge in [0, 0.05) is 11.4 Å². The molecule has 1 N–H and O–H groups in total. The van der Waals surface area contributed by atoms with Gasteiger partial charge in [-0.05, 0) is 32.0 Å². The first kappa shape index (κ1) is 23.6. The lowest BCUT2D eigenvalue weighted by Gasteiger charge is -2.10. The molecule has 1 aromatic carbocycles. The van der Waals surface area contributed by atoms with Crippen LogP contribution in [0.4, 0.5) is 5.00 Å². The monoisotopic (exact) mass is 472 g/mol. The zero-order chi connectivity index (χ0) is 23.1. The van der Waals surface area contributed by atoms with Gasteiger partial charge in [0.25, 0.3) is 0 Å². The predicted molar refractivity (Wildman–Crippen MR) is 127 cm³/mol. The maximum atomic E-state index is 12.6. The summed E-state index contributed by atoms with van der Waals surface area (Å²) in [6, 6.07) is 9.25. The van der Waals surface area contributed by atoms with E-state index in [9.17, 15) is 9.59 Å². The molecule has 3 rings (SSSR count). The number of benzene rings is 1. The van der Waals surface area contributed by atoms with Crippen molar-refractivity contribution in [2.24, 2.45) is 0 Å². The summed E-state index contributed by atoms with van der Waals surface area (Å²) < 4.78 is 12.4. The highest BCUT2D eigenvalue weighted by Gasteiger charge is 2.20. The van der Waals surface area contributed by atoms with E-state index in [0.29, 0.717) is 33.8 Å². The number of rotatable bonds is 10. The Hall–Kier alpha value is -3.11. The molecule has 2 aromatic heterocycles. The van der Waals surface area contributed by atoms with Gasteiger partial charge in [-0.25, -0.2) is 4.79 Å². The molecule has 10 heteroatoms. The van der Waals surface area contributed by atoms with Crippen LogP contribution in [0.1, 0.15) is 22.2 Å². The third kappa shape index (κ3) is 5.38. The Morgan fingerprint density at radius 1 is 1.31 bits per heavy atom. The Morgan fingerprint density at radius 2 is 2.09 bits per heavy atom. The van der Waals surface area contributed by atoms with Gasteiger partial charge in [0.15, 0.2) is 11.0 Å².